The first-order chi connectivity index (χ1) is 8.74. The Balaban J connectivity index is 2.22. The van der Waals surface area contributed by atoms with Crippen molar-refractivity contribution in [3.8, 4) is 0 Å². The number of ether oxygens (including phenoxy) is 1. The van der Waals surface area contributed by atoms with Crippen molar-refractivity contribution in [2.45, 2.75) is 25.3 Å². The summed E-state index contributed by atoms with van der Waals surface area (Å²) >= 11 is 3.40. The van der Waals surface area contributed by atoms with Gasteiger partial charge >= 0.3 is 0 Å². The lowest BCUT2D eigenvalue weighted by molar-refractivity contribution is 0.185. The minimum atomic E-state index is -0.0180. The molecule has 0 atom stereocenters. The lowest BCUT2D eigenvalue weighted by Gasteiger charge is -2.23. The largest absolute Gasteiger partial charge is 0.383 e. The average molecular weight is 316 g/mol. The first kappa shape index (κ1) is 13.7. The van der Waals surface area contributed by atoms with Gasteiger partial charge in [-0.2, -0.15) is 0 Å². The summed E-state index contributed by atoms with van der Waals surface area (Å²) in [5.74, 6) is 0.380. The Labute approximate surface area is 115 Å². The van der Waals surface area contributed by atoms with Gasteiger partial charge in [-0.25, -0.2) is 4.98 Å². The third kappa shape index (κ3) is 2.99. The van der Waals surface area contributed by atoms with Crippen LogP contribution in [0.25, 0.3) is 0 Å². The smallest absolute Gasteiger partial charge is 0.267 e. The van der Waals surface area contributed by atoms with Crippen molar-refractivity contribution in [2.75, 3.05) is 26.8 Å². The molecule has 0 amide bonds. The molecule has 0 saturated carbocycles. The molecule has 18 heavy (non-hydrogen) atoms. The molecule has 0 radical (unpaired) electrons. The van der Waals surface area contributed by atoms with E-state index in [-0.39, 0.29) is 5.56 Å². The Morgan fingerprint density at radius 2 is 2.28 bits per heavy atom. The highest BCUT2D eigenvalue weighted by Gasteiger charge is 2.21. The van der Waals surface area contributed by atoms with Crippen LogP contribution in [0.2, 0.25) is 0 Å². The SMILES string of the molecule is COCCn1cnc(C2CCNCC2)c(Br)c1=O. The first-order valence-electron chi connectivity index (χ1n) is 6.18. The fourth-order valence-electron chi connectivity index (χ4n) is 2.21. The lowest BCUT2D eigenvalue weighted by Crippen LogP contribution is -2.30. The molecule has 5 nitrogen and oxygen atoms in total. The quantitative estimate of drug-likeness (QED) is 0.904. The van der Waals surface area contributed by atoms with Crippen molar-refractivity contribution in [1.82, 2.24) is 14.9 Å². The number of hydrogen-bond donors (Lipinski definition) is 1. The maximum atomic E-state index is 12.1. The zero-order chi connectivity index (χ0) is 13.0. The van der Waals surface area contributed by atoms with Gasteiger partial charge in [0.1, 0.15) is 4.47 Å². The van der Waals surface area contributed by atoms with Gasteiger partial charge in [0.25, 0.3) is 5.56 Å². The van der Waals surface area contributed by atoms with Crippen LogP contribution in [0.1, 0.15) is 24.5 Å². The number of methoxy groups -OCH3 is 1. The monoisotopic (exact) mass is 315 g/mol. The molecule has 2 heterocycles. The van der Waals surface area contributed by atoms with Crippen LogP contribution in [0.5, 0.6) is 0 Å². The fourth-order valence-corrected chi connectivity index (χ4v) is 2.86. The molecule has 1 saturated heterocycles. The molecule has 1 fully saturated rings. The van der Waals surface area contributed by atoms with E-state index in [0.29, 0.717) is 23.5 Å². The molecule has 1 aliphatic rings. The Morgan fingerprint density at radius 3 is 2.94 bits per heavy atom. The van der Waals surface area contributed by atoms with Gasteiger partial charge in [0, 0.05) is 13.0 Å². The van der Waals surface area contributed by atoms with Gasteiger partial charge in [0.15, 0.2) is 0 Å². The predicted octanol–water partition coefficient (Wildman–Crippen LogP) is 1.12. The van der Waals surface area contributed by atoms with E-state index in [9.17, 15) is 4.79 Å². The Bertz CT molecular complexity index is 455. The minimum Gasteiger partial charge on any atom is -0.383 e. The molecule has 6 heteroatoms. The Morgan fingerprint density at radius 1 is 1.56 bits per heavy atom. The lowest BCUT2D eigenvalue weighted by atomic mass is 9.94. The summed E-state index contributed by atoms with van der Waals surface area (Å²) in [6.07, 6.45) is 3.70. The van der Waals surface area contributed by atoms with Crippen molar-refractivity contribution < 1.29 is 4.74 Å². The number of nitrogens with one attached hydrogen (secondary N) is 1. The van der Waals surface area contributed by atoms with E-state index in [1.54, 1.807) is 18.0 Å². The summed E-state index contributed by atoms with van der Waals surface area (Å²) in [5.41, 5.74) is 0.880. The molecular weight excluding hydrogens is 298 g/mol. The van der Waals surface area contributed by atoms with E-state index in [4.69, 9.17) is 4.74 Å². The van der Waals surface area contributed by atoms with Crippen molar-refractivity contribution in [1.29, 1.82) is 0 Å². The molecule has 0 unspecified atom stereocenters. The predicted molar refractivity (Wildman–Crippen MR) is 72.9 cm³/mol. The summed E-state index contributed by atoms with van der Waals surface area (Å²) in [4.78, 5) is 16.6. The Kier molecular flexibility index (Phi) is 4.91. The molecular formula is C12H18BrN3O2. The molecule has 100 valence electrons. The van der Waals surface area contributed by atoms with Crippen LogP contribution < -0.4 is 10.9 Å². The maximum Gasteiger partial charge on any atom is 0.267 e. The molecule has 0 bridgehead atoms. The van der Waals surface area contributed by atoms with E-state index < -0.39 is 0 Å². The summed E-state index contributed by atoms with van der Waals surface area (Å²) in [7, 11) is 1.62. The second-order valence-electron chi connectivity index (χ2n) is 4.46. The molecule has 0 spiro atoms. The van der Waals surface area contributed by atoms with Crippen LogP contribution in [-0.2, 0) is 11.3 Å². The van der Waals surface area contributed by atoms with Crippen LogP contribution in [0.15, 0.2) is 15.6 Å². The standard InChI is InChI=1S/C12H18BrN3O2/c1-18-7-6-16-8-15-11(10(13)12(16)17)9-2-4-14-5-3-9/h8-9,14H,2-7H2,1H3. The highest BCUT2D eigenvalue weighted by atomic mass is 79.9. The van der Waals surface area contributed by atoms with Gasteiger partial charge in [-0.05, 0) is 41.9 Å². The Hall–Kier alpha value is -0.720. The molecule has 0 aromatic carbocycles. The van der Waals surface area contributed by atoms with Gasteiger partial charge in [-0.3, -0.25) is 9.36 Å². The number of nitrogens with zero attached hydrogens (tertiary/aromatic N) is 2. The first-order valence-corrected chi connectivity index (χ1v) is 6.98. The van der Waals surface area contributed by atoms with Crippen LogP contribution in [0.3, 0.4) is 0 Å². The second-order valence-corrected chi connectivity index (χ2v) is 5.25. The van der Waals surface area contributed by atoms with Crippen molar-refractivity contribution in [2.24, 2.45) is 0 Å². The molecule has 1 N–H and O–H groups in total. The highest BCUT2D eigenvalue weighted by Crippen LogP contribution is 2.27. The minimum absolute atomic E-state index is 0.0180. The number of piperidine rings is 1. The van der Waals surface area contributed by atoms with E-state index in [1.165, 1.54) is 0 Å². The third-order valence-corrected chi connectivity index (χ3v) is 4.02. The van der Waals surface area contributed by atoms with Crippen molar-refractivity contribution in [3.05, 3.63) is 26.8 Å². The number of halogens is 1. The van der Waals surface area contributed by atoms with Crippen LogP contribution in [0, 0.1) is 0 Å². The summed E-state index contributed by atoms with van der Waals surface area (Å²) in [5, 5.41) is 3.31. The topological polar surface area (TPSA) is 56.1 Å². The maximum absolute atomic E-state index is 12.1. The van der Waals surface area contributed by atoms with Crippen LogP contribution in [-0.4, -0.2) is 36.4 Å². The zero-order valence-corrected chi connectivity index (χ0v) is 12.1. The van der Waals surface area contributed by atoms with E-state index in [1.807, 2.05) is 0 Å². The number of rotatable bonds is 4. The van der Waals surface area contributed by atoms with Gasteiger partial charge in [-0.1, -0.05) is 0 Å². The van der Waals surface area contributed by atoms with E-state index in [2.05, 4.69) is 26.2 Å². The van der Waals surface area contributed by atoms with Crippen molar-refractivity contribution in [3.63, 3.8) is 0 Å². The van der Waals surface area contributed by atoms with Gasteiger partial charge in [-0.15, -0.1) is 0 Å². The van der Waals surface area contributed by atoms with Gasteiger partial charge in [0.2, 0.25) is 0 Å². The zero-order valence-electron chi connectivity index (χ0n) is 10.5. The average Bonchev–Trinajstić information content (AvgIpc) is 2.41. The molecule has 1 aromatic rings. The highest BCUT2D eigenvalue weighted by molar-refractivity contribution is 9.10. The van der Waals surface area contributed by atoms with E-state index >= 15 is 0 Å². The second kappa shape index (κ2) is 6.45. The van der Waals surface area contributed by atoms with Crippen LogP contribution >= 0.6 is 15.9 Å². The normalized spacial score (nSPS) is 17.0. The third-order valence-electron chi connectivity index (χ3n) is 3.27. The summed E-state index contributed by atoms with van der Waals surface area (Å²) in [6, 6.07) is 0. The number of aromatic nitrogens is 2. The summed E-state index contributed by atoms with van der Waals surface area (Å²) in [6.45, 7) is 3.03. The molecule has 0 aliphatic carbocycles. The van der Waals surface area contributed by atoms with Gasteiger partial charge in [0.05, 0.1) is 25.2 Å². The molecule has 1 aliphatic heterocycles. The molecule has 2 rings (SSSR count). The fraction of sp³-hybridized carbons (Fsp3) is 0.667. The molecule has 1 aromatic heterocycles. The van der Waals surface area contributed by atoms with E-state index in [0.717, 1.165) is 31.6 Å². The number of hydrogen-bond acceptors (Lipinski definition) is 4. The summed E-state index contributed by atoms with van der Waals surface area (Å²) < 4.78 is 7.16. The van der Waals surface area contributed by atoms with Crippen LogP contribution in [0.4, 0.5) is 0 Å². The van der Waals surface area contributed by atoms with Gasteiger partial charge < -0.3 is 10.1 Å². The van der Waals surface area contributed by atoms with Crippen molar-refractivity contribution >= 4 is 15.9 Å².